The number of pyridine rings is 1. The Kier molecular flexibility index (Phi) is 6.01. The Hall–Kier alpha value is -3.67. The highest BCUT2D eigenvalue weighted by molar-refractivity contribution is 5.94. The molecule has 0 fully saturated rings. The van der Waals surface area contributed by atoms with Crippen molar-refractivity contribution in [3.63, 3.8) is 0 Å². The number of methoxy groups -OCH3 is 2. The molecule has 3 aromatic rings. The zero-order chi connectivity index (χ0) is 19.9. The van der Waals surface area contributed by atoms with E-state index >= 15 is 0 Å². The van der Waals surface area contributed by atoms with E-state index in [1.54, 1.807) is 44.7 Å². The molecule has 0 saturated carbocycles. The number of aromatic nitrogens is 1. The van der Waals surface area contributed by atoms with E-state index in [1.165, 1.54) is 11.8 Å². The minimum Gasteiger partial charge on any atom is -0.497 e. The van der Waals surface area contributed by atoms with Gasteiger partial charge in [-0.25, -0.2) is 5.43 Å². The normalized spacial score (nSPS) is 10.7. The zero-order valence-electron chi connectivity index (χ0n) is 16.0. The molecule has 142 valence electrons. The first-order chi connectivity index (χ1) is 13.6. The highest BCUT2D eigenvalue weighted by Gasteiger charge is 2.08. The maximum absolute atomic E-state index is 12.4. The molecule has 0 aliphatic heterocycles. The summed E-state index contributed by atoms with van der Waals surface area (Å²) < 4.78 is 10.4. The van der Waals surface area contributed by atoms with Crippen molar-refractivity contribution in [2.45, 2.75) is 6.92 Å². The number of hydrogen-bond acceptors (Lipinski definition) is 5. The Morgan fingerprint density at radius 2 is 1.64 bits per heavy atom. The van der Waals surface area contributed by atoms with Crippen molar-refractivity contribution in [1.82, 2.24) is 10.4 Å². The first-order valence-electron chi connectivity index (χ1n) is 8.68. The van der Waals surface area contributed by atoms with E-state index in [0.717, 1.165) is 16.7 Å². The zero-order valence-corrected chi connectivity index (χ0v) is 16.0. The number of hydrogen-bond donors (Lipinski definition) is 1. The number of rotatable bonds is 6. The molecule has 0 unspecified atom stereocenters. The summed E-state index contributed by atoms with van der Waals surface area (Å²) in [5.74, 6) is 0.888. The van der Waals surface area contributed by atoms with Gasteiger partial charge in [-0.2, -0.15) is 5.10 Å². The quantitative estimate of drug-likeness (QED) is 0.525. The molecule has 0 aliphatic rings. The summed E-state index contributed by atoms with van der Waals surface area (Å²) >= 11 is 0. The molecule has 3 rings (SSSR count). The Balaban J connectivity index is 1.72. The van der Waals surface area contributed by atoms with Crippen molar-refractivity contribution in [1.29, 1.82) is 0 Å². The highest BCUT2D eigenvalue weighted by atomic mass is 16.5. The first-order valence-corrected chi connectivity index (χ1v) is 8.68. The van der Waals surface area contributed by atoms with Gasteiger partial charge in [-0.3, -0.25) is 9.78 Å². The van der Waals surface area contributed by atoms with E-state index in [1.807, 2.05) is 37.3 Å². The van der Waals surface area contributed by atoms with Gasteiger partial charge in [0, 0.05) is 17.8 Å². The summed E-state index contributed by atoms with van der Waals surface area (Å²) in [4.78, 5) is 16.5. The second kappa shape index (κ2) is 8.81. The summed E-state index contributed by atoms with van der Waals surface area (Å²) in [6.07, 6.45) is 3.13. The molecule has 0 spiro atoms. The number of carbonyl (C=O) groups is 1. The van der Waals surface area contributed by atoms with Gasteiger partial charge in [0.1, 0.15) is 17.2 Å². The van der Waals surface area contributed by atoms with Gasteiger partial charge in [-0.1, -0.05) is 29.8 Å². The van der Waals surface area contributed by atoms with Crippen molar-refractivity contribution < 1.29 is 14.3 Å². The van der Waals surface area contributed by atoms with Crippen LogP contribution in [0.5, 0.6) is 11.5 Å². The van der Waals surface area contributed by atoms with Crippen LogP contribution in [0, 0.1) is 6.92 Å². The largest absolute Gasteiger partial charge is 0.497 e. The molecule has 0 bridgehead atoms. The van der Waals surface area contributed by atoms with Crippen LogP contribution in [0.4, 0.5) is 0 Å². The molecular weight excluding hydrogens is 354 g/mol. The summed E-state index contributed by atoms with van der Waals surface area (Å²) in [6.45, 7) is 2.03. The molecule has 0 aliphatic carbocycles. The number of amides is 1. The molecular formula is C22H21N3O3. The Bertz CT molecular complexity index is 976. The van der Waals surface area contributed by atoms with Crippen LogP contribution in [-0.4, -0.2) is 31.3 Å². The van der Waals surface area contributed by atoms with Crippen molar-refractivity contribution in [2.75, 3.05) is 14.2 Å². The molecule has 0 atom stereocenters. The lowest BCUT2D eigenvalue weighted by Crippen LogP contribution is -2.19. The van der Waals surface area contributed by atoms with Gasteiger partial charge in [0.25, 0.3) is 5.91 Å². The maximum Gasteiger partial charge on any atom is 0.289 e. The number of nitrogens with zero attached hydrogens (tertiary/aromatic N) is 2. The van der Waals surface area contributed by atoms with Crippen molar-refractivity contribution in [3.8, 4) is 22.6 Å². The minimum absolute atomic E-state index is 0.290. The maximum atomic E-state index is 12.4. The first kappa shape index (κ1) is 19.1. The van der Waals surface area contributed by atoms with E-state index in [0.29, 0.717) is 17.2 Å². The molecule has 0 radical (unpaired) electrons. The van der Waals surface area contributed by atoms with Crippen LogP contribution in [0.15, 0.2) is 65.9 Å². The van der Waals surface area contributed by atoms with Crippen molar-refractivity contribution in [2.24, 2.45) is 5.10 Å². The number of nitrogens with one attached hydrogen (secondary N) is 1. The molecule has 6 heteroatoms. The van der Waals surface area contributed by atoms with E-state index in [-0.39, 0.29) is 5.91 Å². The Labute approximate surface area is 163 Å². The van der Waals surface area contributed by atoms with Gasteiger partial charge in [-0.05, 0) is 42.3 Å². The average Bonchev–Trinajstić information content (AvgIpc) is 2.74. The van der Waals surface area contributed by atoms with Gasteiger partial charge in [0.15, 0.2) is 0 Å². The van der Waals surface area contributed by atoms with Crippen LogP contribution in [0.1, 0.15) is 21.6 Å². The lowest BCUT2D eigenvalue weighted by molar-refractivity contribution is 0.0950. The third-order valence-electron chi connectivity index (χ3n) is 4.13. The van der Waals surface area contributed by atoms with E-state index in [4.69, 9.17) is 9.47 Å². The molecule has 1 amide bonds. The van der Waals surface area contributed by atoms with Crippen LogP contribution in [0.3, 0.4) is 0 Å². The Morgan fingerprint density at radius 3 is 2.29 bits per heavy atom. The molecule has 1 heterocycles. The molecule has 6 nitrogen and oxygen atoms in total. The highest BCUT2D eigenvalue weighted by Crippen LogP contribution is 2.22. The van der Waals surface area contributed by atoms with Crippen LogP contribution >= 0.6 is 0 Å². The SMILES string of the molecule is COc1cc(/C=N/NC(=O)c2cc(-c3ccc(C)cc3)ccn2)cc(OC)c1. The minimum atomic E-state index is -0.389. The van der Waals surface area contributed by atoms with E-state index < -0.39 is 0 Å². The van der Waals surface area contributed by atoms with Crippen LogP contribution in [0.2, 0.25) is 0 Å². The average molecular weight is 375 g/mol. The third-order valence-corrected chi connectivity index (χ3v) is 4.13. The van der Waals surface area contributed by atoms with Gasteiger partial charge in [-0.15, -0.1) is 0 Å². The van der Waals surface area contributed by atoms with Crippen molar-refractivity contribution in [3.05, 3.63) is 77.6 Å². The van der Waals surface area contributed by atoms with Crippen molar-refractivity contribution >= 4 is 12.1 Å². The molecule has 1 N–H and O–H groups in total. The molecule has 2 aromatic carbocycles. The van der Waals surface area contributed by atoms with Gasteiger partial charge >= 0.3 is 0 Å². The number of ether oxygens (including phenoxy) is 2. The van der Waals surface area contributed by atoms with Gasteiger partial charge in [0.2, 0.25) is 0 Å². The number of aryl methyl sites for hydroxylation is 1. The molecule has 0 saturated heterocycles. The van der Waals surface area contributed by atoms with Gasteiger partial charge < -0.3 is 9.47 Å². The lowest BCUT2D eigenvalue weighted by Gasteiger charge is -2.06. The number of hydrazone groups is 1. The summed E-state index contributed by atoms with van der Waals surface area (Å²) in [6, 6.07) is 17.0. The summed E-state index contributed by atoms with van der Waals surface area (Å²) in [5.41, 5.74) is 6.64. The fraction of sp³-hybridized carbons (Fsp3) is 0.136. The standard InChI is InChI=1S/C22H21N3O3/c1-15-4-6-17(7-5-15)18-8-9-23-21(12-18)22(26)25-24-14-16-10-19(27-2)13-20(11-16)28-3/h4-14H,1-3H3,(H,25,26)/b24-14+. The van der Waals surface area contributed by atoms with E-state index in [9.17, 15) is 4.79 Å². The van der Waals surface area contributed by atoms with Crippen LogP contribution < -0.4 is 14.9 Å². The lowest BCUT2D eigenvalue weighted by atomic mass is 10.0. The monoisotopic (exact) mass is 375 g/mol. The summed E-state index contributed by atoms with van der Waals surface area (Å²) in [5, 5.41) is 4.01. The number of carbonyl (C=O) groups excluding carboxylic acids is 1. The molecule has 28 heavy (non-hydrogen) atoms. The summed E-state index contributed by atoms with van der Waals surface area (Å²) in [7, 11) is 3.15. The topological polar surface area (TPSA) is 72.8 Å². The fourth-order valence-electron chi connectivity index (χ4n) is 2.61. The smallest absolute Gasteiger partial charge is 0.289 e. The predicted octanol–water partition coefficient (Wildman–Crippen LogP) is 3.84. The van der Waals surface area contributed by atoms with Gasteiger partial charge in [0.05, 0.1) is 20.4 Å². The van der Waals surface area contributed by atoms with E-state index in [2.05, 4.69) is 15.5 Å². The predicted molar refractivity (Wildman–Crippen MR) is 109 cm³/mol. The van der Waals surface area contributed by atoms with Crippen LogP contribution in [0.25, 0.3) is 11.1 Å². The third kappa shape index (κ3) is 4.73. The number of benzene rings is 2. The fourth-order valence-corrected chi connectivity index (χ4v) is 2.61. The second-order valence-electron chi connectivity index (χ2n) is 6.14. The Morgan fingerprint density at radius 1 is 0.964 bits per heavy atom. The second-order valence-corrected chi connectivity index (χ2v) is 6.14. The van der Waals surface area contributed by atoms with Crippen LogP contribution in [-0.2, 0) is 0 Å². The molecule has 1 aromatic heterocycles.